The number of benzene rings is 1. The Balaban J connectivity index is 2.10. The van der Waals surface area contributed by atoms with Crippen LogP contribution in [0.25, 0.3) is 0 Å². The first-order valence-corrected chi connectivity index (χ1v) is 5.81. The summed E-state index contributed by atoms with van der Waals surface area (Å²) in [6, 6.07) is 9.73. The molecule has 0 aliphatic rings. The molecule has 0 spiro atoms. The molecule has 3 heteroatoms. The van der Waals surface area contributed by atoms with Crippen molar-refractivity contribution >= 4 is 11.6 Å². The summed E-state index contributed by atoms with van der Waals surface area (Å²) in [5.41, 5.74) is 1.06. The molecule has 1 rings (SSSR count). The first-order valence-electron chi connectivity index (χ1n) is 5.81. The molecule has 0 heterocycles. The van der Waals surface area contributed by atoms with E-state index in [4.69, 9.17) is 4.74 Å². The number of hydrogen-bond acceptors (Lipinski definition) is 3. The molecule has 0 aromatic heterocycles. The lowest BCUT2D eigenvalue weighted by molar-refractivity contribution is -0.124. The molecular formula is C14H18O3. The zero-order chi connectivity index (χ0) is 12.5. The number of ketones is 2. The second-order valence-corrected chi connectivity index (χ2v) is 4.07. The van der Waals surface area contributed by atoms with Gasteiger partial charge < -0.3 is 9.53 Å². The van der Waals surface area contributed by atoms with Gasteiger partial charge in [0.05, 0.1) is 6.61 Å². The van der Waals surface area contributed by atoms with E-state index in [1.807, 2.05) is 30.3 Å². The van der Waals surface area contributed by atoms with Crippen molar-refractivity contribution in [3.8, 4) is 0 Å². The van der Waals surface area contributed by atoms with Gasteiger partial charge in [0, 0.05) is 12.8 Å². The van der Waals surface area contributed by atoms with E-state index in [1.165, 1.54) is 6.92 Å². The van der Waals surface area contributed by atoms with Crippen LogP contribution in [-0.4, -0.2) is 18.2 Å². The van der Waals surface area contributed by atoms with E-state index < -0.39 is 0 Å². The van der Waals surface area contributed by atoms with E-state index in [1.54, 1.807) is 0 Å². The summed E-state index contributed by atoms with van der Waals surface area (Å²) >= 11 is 0. The standard InChI is InChI=1S/C14H18O3/c1-12(15)6-5-9-14(16)11-17-10-13-7-3-2-4-8-13/h2-4,7-8H,5-6,9-11H2,1H3. The predicted molar refractivity (Wildman–Crippen MR) is 65.6 cm³/mol. The van der Waals surface area contributed by atoms with Gasteiger partial charge in [-0.05, 0) is 18.9 Å². The molecule has 17 heavy (non-hydrogen) atoms. The summed E-state index contributed by atoms with van der Waals surface area (Å²) < 4.78 is 5.30. The van der Waals surface area contributed by atoms with Gasteiger partial charge in [0.1, 0.15) is 12.4 Å². The second kappa shape index (κ2) is 7.74. The molecule has 0 atom stereocenters. The lowest BCUT2D eigenvalue weighted by atomic mass is 10.1. The topological polar surface area (TPSA) is 43.4 Å². The van der Waals surface area contributed by atoms with Crippen LogP contribution in [0, 0.1) is 0 Å². The van der Waals surface area contributed by atoms with Crippen LogP contribution < -0.4 is 0 Å². The van der Waals surface area contributed by atoms with Crippen LogP contribution in [0.4, 0.5) is 0 Å². The molecule has 92 valence electrons. The van der Waals surface area contributed by atoms with Crippen LogP contribution in [0.5, 0.6) is 0 Å². The summed E-state index contributed by atoms with van der Waals surface area (Å²) in [4.78, 5) is 22.1. The summed E-state index contributed by atoms with van der Waals surface area (Å²) in [6.07, 6.45) is 1.53. The minimum atomic E-state index is 0.0576. The maximum absolute atomic E-state index is 11.4. The molecule has 0 saturated carbocycles. The third-order valence-electron chi connectivity index (χ3n) is 2.36. The Morgan fingerprint density at radius 3 is 2.47 bits per heavy atom. The largest absolute Gasteiger partial charge is 0.369 e. The number of ether oxygens (including phenoxy) is 1. The third kappa shape index (κ3) is 6.64. The number of carbonyl (C=O) groups is 2. The first kappa shape index (κ1) is 13.6. The highest BCUT2D eigenvalue weighted by atomic mass is 16.5. The quantitative estimate of drug-likeness (QED) is 0.694. The highest BCUT2D eigenvalue weighted by Crippen LogP contribution is 2.02. The Morgan fingerprint density at radius 2 is 1.82 bits per heavy atom. The maximum Gasteiger partial charge on any atom is 0.158 e. The van der Waals surface area contributed by atoms with Gasteiger partial charge in [-0.1, -0.05) is 30.3 Å². The van der Waals surface area contributed by atoms with Crippen LogP contribution in [0.2, 0.25) is 0 Å². The van der Waals surface area contributed by atoms with Crippen molar-refractivity contribution in [3.63, 3.8) is 0 Å². The van der Waals surface area contributed by atoms with E-state index in [0.717, 1.165) is 5.56 Å². The normalized spacial score (nSPS) is 10.2. The predicted octanol–water partition coefficient (Wildman–Crippen LogP) is 2.53. The molecule has 1 aromatic carbocycles. The van der Waals surface area contributed by atoms with Crippen molar-refractivity contribution in [2.24, 2.45) is 0 Å². The number of rotatable bonds is 8. The molecule has 0 N–H and O–H groups in total. The molecule has 0 aliphatic carbocycles. The van der Waals surface area contributed by atoms with Gasteiger partial charge in [-0.2, -0.15) is 0 Å². The number of Topliss-reactive ketones (excluding diaryl/α,β-unsaturated/α-hetero) is 2. The van der Waals surface area contributed by atoms with E-state index in [9.17, 15) is 9.59 Å². The maximum atomic E-state index is 11.4. The molecule has 0 amide bonds. The third-order valence-corrected chi connectivity index (χ3v) is 2.36. The summed E-state index contributed by atoms with van der Waals surface area (Å²) in [5.74, 6) is 0.185. The lowest BCUT2D eigenvalue weighted by Crippen LogP contribution is -2.09. The fourth-order valence-corrected chi connectivity index (χ4v) is 1.46. The average Bonchev–Trinajstić information content (AvgIpc) is 2.30. The van der Waals surface area contributed by atoms with Gasteiger partial charge in [0.25, 0.3) is 0 Å². The van der Waals surface area contributed by atoms with E-state index in [0.29, 0.717) is 25.9 Å². The van der Waals surface area contributed by atoms with E-state index >= 15 is 0 Å². The highest BCUT2D eigenvalue weighted by molar-refractivity contribution is 5.81. The van der Waals surface area contributed by atoms with Gasteiger partial charge in [-0.15, -0.1) is 0 Å². The number of hydrogen-bond donors (Lipinski definition) is 0. The van der Waals surface area contributed by atoms with Crippen LogP contribution in [0.15, 0.2) is 30.3 Å². The Bertz CT molecular complexity index is 357. The fraction of sp³-hybridized carbons (Fsp3) is 0.429. The number of carbonyl (C=O) groups excluding carboxylic acids is 2. The summed E-state index contributed by atoms with van der Waals surface area (Å²) in [6.45, 7) is 2.13. The zero-order valence-corrected chi connectivity index (χ0v) is 10.1. The van der Waals surface area contributed by atoms with Gasteiger partial charge in [0.15, 0.2) is 5.78 Å². The Kier molecular flexibility index (Phi) is 6.18. The van der Waals surface area contributed by atoms with Gasteiger partial charge in [-0.3, -0.25) is 4.79 Å². The smallest absolute Gasteiger partial charge is 0.158 e. The van der Waals surface area contributed by atoms with Crippen LogP contribution in [-0.2, 0) is 20.9 Å². The lowest BCUT2D eigenvalue weighted by Gasteiger charge is -2.03. The second-order valence-electron chi connectivity index (χ2n) is 4.07. The minimum Gasteiger partial charge on any atom is -0.369 e. The molecule has 3 nitrogen and oxygen atoms in total. The van der Waals surface area contributed by atoms with Crippen LogP contribution >= 0.6 is 0 Å². The highest BCUT2D eigenvalue weighted by Gasteiger charge is 2.03. The Morgan fingerprint density at radius 1 is 1.12 bits per heavy atom. The van der Waals surface area contributed by atoms with Gasteiger partial charge >= 0.3 is 0 Å². The monoisotopic (exact) mass is 234 g/mol. The van der Waals surface area contributed by atoms with Crippen molar-refractivity contribution in [2.75, 3.05) is 6.61 Å². The molecule has 0 bridgehead atoms. The fourth-order valence-electron chi connectivity index (χ4n) is 1.46. The van der Waals surface area contributed by atoms with Crippen molar-refractivity contribution in [3.05, 3.63) is 35.9 Å². The molecule has 0 unspecified atom stereocenters. The van der Waals surface area contributed by atoms with Crippen LogP contribution in [0.1, 0.15) is 31.7 Å². The molecule has 0 aliphatic heterocycles. The van der Waals surface area contributed by atoms with Gasteiger partial charge in [-0.25, -0.2) is 0 Å². The SMILES string of the molecule is CC(=O)CCCC(=O)COCc1ccccc1. The van der Waals surface area contributed by atoms with Gasteiger partial charge in [0.2, 0.25) is 0 Å². The van der Waals surface area contributed by atoms with E-state index in [2.05, 4.69) is 0 Å². The zero-order valence-electron chi connectivity index (χ0n) is 10.1. The van der Waals surface area contributed by atoms with Crippen molar-refractivity contribution in [1.29, 1.82) is 0 Å². The minimum absolute atomic E-state index is 0.0576. The molecule has 0 radical (unpaired) electrons. The molecular weight excluding hydrogens is 216 g/mol. The Labute approximate surface area is 102 Å². The summed E-state index contributed by atoms with van der Waals surface area (Å²) in [5, 5.41) is 0. The van der Waals surface area contributed by atoms with Crippen molar-refractivity contribution in [1.82, 2.24) is 0 Å². The first-order chi connectivity index (χ1) is 8.18. The average molecular weight is 234 g/mol. The Hall–Kier alpha value is -1.48. The van der Waals surface area contributed by atoms with Crippen molar-refractivity contribution in [2.45, 2.75) is 32.8 Å². The molecule has 0 fully saturated rings. The van der Waals surface area contributed by atoms with E-state index in [-0.39, 0.29) is 18.2 Å². The van der Waals surface area contributed by atoms with Crippen LogP contribution in [0.3, 0.4) is 0 Å². The molecule has 0 saturated heterocycles. The summed E-state index contributed by atoms with van der Waals surface area (Å²) in [7, 11) is 0. The molecule has 1 aromatic rings. The van der Waals surface area contributed by atoms with Crippen molar-refractivity contribution < 1.29 is 14.3 Å².